The van der Waals surface area contributed by atoms with E-state index in [0.717, 1.165) is 35.3 Å². The number of benzene rings is 1. The fraction of sp³-hybridized carbons (Fsp3) is 0.308. The number of hydrogen-bond acceptors (Lipinski definition) is 10. The van der Waals surface area contributed by atoms with E-state index in [0.29, 0.717) is 43.5 Å². The van der Waals surface area contributed by atoms with Gasteiger partial charge in [0.2, 0.25) is 0 Å². The van der Waals surface area contributed by atoms with E-state index < -0.39 is 0 Å². The van der Waals surface area contributed by atoms with Crippen LogP contribution in [0.4, 0.5) is 23.1 Å². The lowest BCUT2D eigenvalue weighted by Crippen LogP contribution is -2.49. The number of piperazine rings is 1. The minimum absolute atomic E-state index is 0.0792. The molecule has 0 unspecified atom stereocenters. The largest absolute Gasteiger partial charge is 0.505 e. The van der Waals surface area contributed by atoms with Gasteiger partial charge in [-0.3, -0.25) is 4.79 Å². The number of anilines is 4. The van der Waals surface area contributed by atoms with E-state index in [4.69, 9.17) is 4.42 Å². The van der Waals surface area contributed by atoms with Crippen LogP contribution in [0.1, 0.15) is 41.1 Å². The van der Waals surface area contributed by atoms with Crippen LogP contribution < -0.4 is 15.5 Å². The Hall–Kier alpha value is -4.12. The molecule has 1 amide bonds. The molecule has 0 saturated carbocycles. The quantitative estimate of drug-likeness (QED) is 0.282. The number of nitrogens with zero attached hydrogens (tertiary/aromatic N) is 5. The first kappa shape index (κ1) is 24.6. The highest BCUT2D eigenvalue weighted by atomic mass is 32.1. The molecule has 1 fully saturated rings. The van der Waals surface area contributed by atoms with Gasteiger partial charge >= 0.3 is 0 Å². The topological polar surface area (TPSA) is 120 Å². The normalized spacial score (nSPS) is 14.4. The Balaban J connectivity index is 1.27. The highest BCUT2D eigenvalue weighted by molar-refractivity contribution is 6.99. The van der Waals surface area contributed by atoms with Gasteiger partial charge in [0, 0.05) is 32.4 Å². The Morgan fingerprint density at radius 1 is 1.14 bits per heavy atom. The van der Waals surface area contributed by atoms with Crippen LogP contribution in [0.3, 0.4) is 0 Å². The highest BCUT2D eigenvalue weighted by Gasteiger charge is 2.26. The first-order valence-electron chi connectivity index (χ1n) is 12.2. The molecule has 4 aromatic rings. The molecule has 0 spiro atoms. The molecule has 11 heteroatoms. The Labute approximate surface area is 219 Å². The summed E-state index contributed by atoms with van der Waals surface area (Å²) in [7, 11) is 0. The third kappa shape index (κ3) is 5.36. The van der Waals surface area contributed by atoms with Crippen molar-refractivity contribution in [1.29, 1.82) is 0 Å². The van der Waals surface area contributed by atoms with Crippen molar-refractivity contribution < 1.29 is 14.3 Å². The fourth-order valence-corrected chi connectivity index (χ4v) is 4.81. The molecule has 3 N–H and O–H groups in total. The third-order valence-electron chi connectivity index (χ3n) is 6.36. The first-order chi connectivity index (χ1) is 18.0. The molecule has 1 aliphatic heterocycles. The number of rotatable bonds is 8. The van der Waals surface area contributed by atoms with Crippen LogP contribution in [0.2, 0.25) is 0 Å². The maximum absolute atomic E-state index is 13.3. The van der Waals surface area contributed by atoms with Crippen molar-refractivity contribution in [3.63, 3.8) is 0 Å². The minimum atomic E-state index is -0.212. The molecule has 0 aliphatic carbocycles. The number of para-hydroxylation sites is 1. The second kappa shape index (κ2) is 10.9. The summed E-state index contributed by atoms with van der Waals surface area (Å²) in [4.78, 5) is 21.6. The average Bonchev–Trinajstić information content (AvgIpc) is 3.57. The van der Waals surface area contributed by atoms with Crippen molar-refractivity contribution in [2.75, 3.05) is 41.7 Å². The van der Waals surface area contributed by atoms with Crippen LogP contribution in [0, 0.1) is 6.92 Å². The van der Waals surface area contributed by atoms with E-state index in [1.165, 1.54) is 0 Å². The van der Waals surface area contributed by atoms with E-state index >= 15 is 0 Å². The smallest absolute Gasteiger partial charge is 0.257 e. The summed E-state index contributed by atoms with van der Waals surface area (Å²) in [5, 5.41) is 17.5. The third-order valence-corrected chi connectivity index (χ3v) is 6.89. The maximum atomic E-state index is 13.3. The summed E-state index contributed by atoms with van der Waals surface area (Å²) in [6, 6.07) is 12.8. The average molecular weight is 520 g/mol. The van der Waals surface area contributed by atoms with Crippen LogP contribution in [-0.4, -0.2) is 55.8 Å². The molecule has 37 heavy (non-hydrogen) atoms. The van der Waals surface area contributed by atoms with Gasteiger partial charge in [-0.05, 0) is 49.2 Å². The Kier molecular flexibility index (Phi) is 7.22. The SMILES string of the molecule is CC[C@@H](Nc1nsnc1Nc1cccc(C(=O)N2CCN(c3ccccn3)CC2)c1O)c1cc(C)co1. The summed E-state index contributed by atoms with van der Waals surface area (Å²) in [6.07, 6.45) is 4.27. The lowest BCUT2D eigenvalue weighted by molar-refractivity contribution is 0.0743. The van der Waals surface area contributed by atoms with Crippen LogP contribution in [0.25, 0.3) is 0 Å². The number of aromatic nitrogens is 3. The van der Waals surface area contributed by atoms with Crippen LogP contribution in [0.5, 0.6) is 5.75 Å². The number of carbonyl (C=O) groups is 1. The van der Waals surface area contributed by atoms with Crippen molar-refractivity contribution in [3.05, 3.63) is 71.8 Å². The molecule has 1 aromatic carbocycles. The van der Waals surface area contributed by atoms with E-state index in [2.05, 4.69) is 36.2 Å². The molecule has 0 bridgehead atoms. The molecule has 1 atom stereocenters. The first-order valence-corrected chi connectivity index (χ1v) is 12.9. The Morgan fingerprint density at radius 2 is 1.95 bits per heavy atom. The summed E-state index contributed by atoms with van der Waals surface area (Å²) in [6.45, 7) is 6.47. The van der Waals surface area contributed by atoms with Crippen molar-refractivity contribution in [2.45, 2.75) is 26.3 Å². The van der Waals surface area contributed by atoms with Gasteiger partial charge in [0.25, 0.3) is 5.91 Å². The van der Waals surface area contributed by atoms with Crippen LogP contribution in [0.15, 0.2) is 59.3 Å². The fourth-order valence-electron chi connectivity index (χ4n) is 4.34. The summed E-state index contributed by atoms with van der Waals surface area (Å²) >= 11 is 1.05. The van der Waals surface area contributed by atoms with Gasteiger partial charge in [0.05, 0.1) is 35.3 Å². The number of hydrogen-bond donors (Lipinski definition) is 3. The van der Waals surface area contributed by atoms with E-state index in [1.807, 2.05) is 31.2 Å². The van der Waals surface area contributed by atoms with Crippen molar-refractivity contribution >= 4 is 40.8 Å². The van der Waals surface area contributed by atoms with Gasteiger partial charge in [-0.15, -0.1) is 0 Å². The second-order valence-corrected chi connectivity index (χ2v) is 9.42. The summed E-state index contributed by atoms with van der Waals surface area (Å²) in [5.41, 5.74) is 1.68. The number of carbonyl (C=O) groups excluding carboxylic acids is 1. The molecular formula is C26H29N7O3S. The van der Waals surface area contributed by atoms with Gasteiger partial charge in [-0.2, -0.15) is 8.75 Å². The summed E-state index contributed by atoms with van der Waals surface area (Å²) < 4.78 is 14.4. The number of amides is 1. The van der Waals surface area contributed by atoms with Gasteiger partial charge in [0.1, 0.15) is 11.6 Å². The number of pyridine rings is 1. The second-order valence-electron chi connectivity index (χ2n) is 8.89. The van der Waals surface area contributed by atoms with Gasteiger partial charge in [-0.1, -0.05) is 19.1 Å². The lowest BCUT2D eigenvalue weighted by atomic mass is 10.1. The molecule has 4 heterocycles. The number of nitrogens with one attached hydrogen (secondary N) is 2. The number of phenols is 1. The molecular weight excluding hydrogens is 490 g/mol. The van der Waals surface area contributed by atoms with Crippen LogP contribution >= 0.6 is 11.7 Å². The molecule has 192 valence electrons. The molecule has 0 radical (unpaired) electrons. The van der Waals surface area contributed by atoms with E-state index in [-0.39, 0.29) is 23.3 Å². The zero-order valence-corrected chi connectivity index (χ0v) is 21.5. The highest BCUT2D eigenvalue weighted by Crippen LogP contribution is 2.34. The number of furan rings is 1. The lowest BCUT2D eigenvalue weighted by Gasteiger charge is -2.35. The van der Waals surface area contributed by atoms with E-state index in [9.17, 15) is 9.90 Å². The maximum Gasteiger partial charge on any atom is 0.257 e. The molecule has 5 rings (SSSR count). The van der Waals surface area contributed by atoms with Crippen molar-refractivity contribution in [3.8, 4) is 5.75 Å². The zero-order chi connectivity index (χ0) is 25.8. The van der Waals surface area contributed by atoms with Gasteiger partial charge < -0.3 is 30.0 Å². The van der Waals surface area contributed by atoms with Crippen molar-refractivity contribution in [2.24, 2.45) is 0 Å². The molecule has 1 aliphatic rings. The minimum Gasteiger partial charge on any atom is -0.505 e. The number of aromatic hydroxyl groups is 1. The van der Waals surface area contributed by atoms with Crippen molar-refractivity contribution in [1.82, 2.24) is 18.6 Å². The zero-order valence-electron chi connectivity index (χ0n) is 20.7. The van der Waals surface area contributed by atoms with Crippen LogP contribution in [-0.2, 0) is 0 Å². The Bertz CT molecular complexity index is 1350. The number of phenolic OH excluding ortho intramolecular Hbond substituents is 1. The summed E-state index contributed by atoms with van der Waals surface area (Å²) in [5.74, 6) is 2.40. The Morgan fingerprint density at radius 3 is 2.65 bits per heavy atom. The standard InChI is InChI=1S/C26H29N7O3S/c1-3-19(21-15-17(2)16-36-21)28-24-25(31-37-30-24)29-20-8-6-7-18(23(20)34)26(35)33-13-11-32(12-14-33)22-9-4-5-10-27-22/h4-10,15-16,19,34H,3,11-14H2,1-2H3,(H,28,30)(H,29,31)/t19-/m1/s1. The molecule has 1 saturated heterocycles. The molecule has 3 aromatic heterocycles. The number of aryl methyl sites for hydroxylation is 1. The van der Waals surface area contributed by atoms with Gasteiger partial charge in [0.15, 0.2) is 17.4 Å². The molecule has 10 nitrogen and oxygen atoms in total. The monoisotopic (exact) mass is 519 g/mol. The van der Waals surface area contributed by atoms with Gasteiger partial charge in [-0.25, -0.2) is 4.98 Å². The van der Waals surface area contributed by atoms with E-state index in [1.54, 1.807) is 35.6 Å². The predicted molar refractivity (Wildman–Crippen MR) is 144 cm³/mol. The predicted octanol–water partition coefficient (Wildman–Crippen LogP) is 4.81.